The Bertz CT molecular complexity index is 250. The van der Waals surface area contributed by atoms with E-state index in [0.717, 1.165) is 16.0 Å². The minimum atomic E-state index is 0.538. The van der Waals surface area contributed by atoms with Crippen LogP contribution in [0.5, 0.6) is 0 Å². The summed E-state index contributed by atoms with van der Waals surface area (Å²) in [6.07, 6.45) is 0.769. The van der Waals surface area contributed by atoms with Crippen molar-refractivity contribution in [3.63, 3.8) is 0 Å². The van der Waals surface area contributed by atoms with E-state index in [1.807, 2.05) is 5.38 Å². The second kappa shape index (κ2) is 3.69. The van der Waals surface area contributed by atoms with Gasteiger partial charge in [0.05, 0.1) is 12.1 Å². The van der Waals surface area contributed by atoms with Gasteiger partial charge in [-0.3, -0.25) is 0 Å². The number of aromatic nitrogens is 1. The second-order valence-electron chi connectivity index (χ2n) is 1.72. The zero-order valence-corrected chi connectivity index (χ0v) is 7.57. The lowest BCUT2D eigenvalue weighted by molar-refractivity contribution is 1.01. The standard InChI is InChI=1S/C6H5BrN2S/c1-8-3-2-5-4-10-6(7)9-5/h4H,2-3H2. The van der Waals surface area contributed by atoms with Gasteiger partial charge in [0.1, 0.15) is 0 Å². The first-order valence-corrected chi connectivity index (χ1v) is 4.43. The van der Waals surface area contributed by atoms with Crippen LogP contribution in [0.25, 0.3) is 4.85 Å². The average molecular weight is 217 g/mol. The zero-order valence-electron chi connectivity index (χ0n) is 5.17. The zero-order chi connectivity index (χ0) is 7.40. The fourth-order valence-electron chi connectivity index (χ4n) is 0.568. The van der Waals surface area contributed by atoms with Gasteiger partial charge < -0.3 is 4.85 Å². The molecule has 4 heteroatoms. The third-order valence-corrected chi connectivity index (χ3v) is 2.42. The van der Waals surface area contributed by atoms with Gasteiger partial charge in [-0.15, -0.1) is 11.3 Å². The third kappa shape index (κ3) is 2.09. The molecule has 0 aromatic carbocycles. The summed E-state index contributed by atoms with van der Waals surface area (Å²) >= 11 is 4.81. The van der Waals surface area contributed by atoms with Crippen LogP contribution in [0.15, 0.2) is 9.30 Å². The van der Waals surface area contributed by atoms with E-state index in [1.54, 1.807) is 11.3 Å². The Balaban J connectivity index is 2.52. The van der Waals surface area contributed by atoms with E-state index >= 15 is 0 Å². The van der Waals surface area contributed by atoms with Gasteiger partial charge in [-0.25, -0.2) is 11.6 Å². The van der Waals surface area contributed by atoms with Crippen molar-refractivity contribution >= 4 is 27.3 Å². The summed E-state index contributed by atoms with van der Waals surface area (Å²) in [6.45, 7) is 7.09. The molecule has 52 valence electrons. The molecule has 0 saturated heterocycles. The molecule has 0 atom stereocenters. The van der Waals surface area contributed by atoms with Crippen molar-refractivity contribution in [3.8, 4) is 0 Å². The Hall–Kier alpha value is -0.400. The normalized spacial score (nSPS) is 9.20. The predicted octanol–water partition coefficient (Wildman–Crippen LogP) is 2.37. The molecule has 0 aliphatic rings. The van der Waals surface area contributed by atoms with E-state index in [2.05, 4.69) is 25.8 Å². The van der Waals surface area contributed by atoms with Crippen molar-refractivity contribution < 1.29 is 0 Å². The number of thiazole rings is 1. The molecule has 0 aliphatic carbocycles. The number of nitrogens with zero attached hydrogens (tertiary/aromatic N) is 2. The molecule has 0 saturated carbocycles. The fourth-order valence-corrected chi connectivity index (χ4v) is 1.65. The number of hydrogen-bond acceptors (Lipinski definition) is 2. The summed E-state index contributed by atoms with van der Waals surface area (Å²) in [6, 6.07) is 0. The molecule has 0 aliphatic heterocycles. The lowest BCUT2D eigenvalue weighted by Gasteiger charge is -1.82. The van der Waals surface area contributed by atoms with Crippen molar-refractivity contribution in [3.05, 3.63) is 26.4 Å². The number of rotatable bonds is 2. The maximum absolute atomic E-state index is 6.55. The summed E-state index contributed by atoms with van der Waals surface area (Å²) in [7, 11) is 0. The predicted molar refractivity (Wildman–Crippen MR) is 45.0 cm³/mol. The molecule has 0 radical (unpaired) electrons. The highest BCUT2D eigenvalue weighted by Gasteiger charge is 1.98. The van der Waals surface area contributed by atoms with Crippen LogP contribution in [0.2, 0.25) is 0 Å². The van der Waals surface area contributed by atoms with E-state index in [1.165, 1.54) is 0 Å². The first-order chi connectivity index (χ1) is 4.83. The van der Waals surface area contributed by atoms with Gasteiger partial charge in [0, 0.05) is 5.38 Å². The molecule has 2 nitrogen and oxygen atoms in total. The molecule has 0 fully saturated rings. The molecule has 0 spiro atoms. The van der Waals surface area contributed by atoms with E-state index in [4.69, 9.17) is 6.57 Å². The molecule has 0 amide bonds. The molecule has 0 bridgehead atoms. The number of hydrogen-bond donors (Lipinski definition) is 0. The first kappa shape index (κ1) is 7.70. The molecule has 0 N–H and O–H groups in total. The van der Waals surface area contributed by atoms with E-state index < -0.39 is 0 Å². The van der Waals surface area contributed by atoms with Gasteiger partial charge in [-0.2, -0.15) is 0 Å². The van der Waals surface area contributed by atoms with Crippen LogP contribution in [0, 0.1) is 6.57 Å². The third-order valence-electron chi connectivity index (χ3n) is 1.00. The van der Waals surface area contributed by atoms with Gasteiger partial charge in [0.15, 0.2) is 3.92 Å². The molecular formula is C6H5BrN2S. The van der Waals surface area contributed by atoms with Crippen LogP contribution in [0.1, 0.15) is 5.69 Å². The van der Waals surface area contributed by atoms with Gasteiger partial charge in [0.2, 0.25) is 6.54 Å². The Morgan fingerprint density at radius 2 is 2.60 bits per heavy atom. The monoisotopic (exact) mass is 216 g/mol. The van der Waals surface area contributed by atoms with Crippen LogP contribution < -0.4 is 0 Å². The van der Waals surface area contributed by atoms with Crippen molar-refractivity contribution in [2.45, 2.75) is 6.42 Å². The van der Waals surface area contributed by atoms with E-state index in [-0.39, 0.29) is 0 Å². The number of halogens is 1. The summed E-state index contributed by atoms with van der Waals surface area (Å²) in [5.41, 5.74) is 1.01. The van der Waals surface area contributed by atoms with Gasteiger partial charge in [-0.05, 0) is 15.9 Å². The van der Waals surface area contributed by atoms with Crippen molar-refractivity contribution in [2.24, 2.45) is 0 Å². The topological polar surface area (TPSA) is 17.2 Å². The SMILES string of the molecule is [C-]#[N+]CCc1csc(Br)n1. The molecule has 1 rings (SSSR count). The van der Waals surface area contributed by atoms with Crippen molar-refractivity contribution in [1.29, 1.82) is 0 Å². The highest BCUT2D eigenvalue weighted by molar-refractivity contribution is 9.11. The van der Waals surface area contributed by atoms with Crippen molar-refractivity contribution in [1.82, 2.24) is 4.98 Å². The van der Waals surface area contributed by atoms with Crippen LogP contribution in [0.3, 0.4) is 0 Å². The largest absolute Gasteiger partial charge is 0.317 e. The van der Waals surface area contributed by atoms with Crippen LogP contribution in [-0.2, 0) is 6.42 Å². The Morgan fingerprint density at radius 3 is 3.10 bits per heavy atom. The quantitative estimate of drug-likeness (QED) is 0.695. The Morgan fingerprint density at radius 1 is 1.80 bits per heavy atom. The van der Waals surface area contributed by atoms with Gasteiger partial charge >= 0.3 is 0 Å². The lowest BCUT2D eigenvalue weighted by Crippen LogP contribution is -1.86. The minimum absolute atomic E-state index is 0.538. The fraction of sp³-hybridized carbons (Fsp3) is 0.333. The lowest BCUT2D eigenvalue weighted by atomic mass is 10.3. The highest BCUT2D eigenvalue weighted by atomic mass is 79.9. The molecule has 1 heterocycles. The average Bonchev–Trinajstić information content (AvgIpc) is 2.31. The summed E-state index contributed by atoms with van der Waals surface area (Å²) in [5.74, 6) is 0. The molecule has 10 heavy (non-hydrogen) atoms. The maximum Gasteiger partial charge on any atom is 0.220 e. The molecular weight excluding hydrogens is 212 g/mol. The summed E-state index contributed by atoms with van der Waals surface area (Å²) in [4.78, 5) is 7.38. The van der Waals surface area contributed by atoms with E-state index in [9.17, 15) is 0 Å². The smallest absolute Gasteiger partial charge is 0.220 e. The van der Waals surface area contributed by atoms with Crippen LogP contribution >= 0.6 is 27.3 Å². The Kier molecular flexibility index (Phi) is 2.84. The second-order valence-corrected chi connectivity index (χ2v) is 3.86. The minimum Gasteiger partial charge on any atom is -0.317 e. The first-order valence-electron chi connectivity index (χ1n) is 2.76. The molecule has 0 unspecified atom stereocenters. The molecule has 1 aromatic heterocycles. The summed E-state index contributed by atoms with van der Waals surface area (Å²) in [5, 5.41) is 1.97. The maximum atomic E-state index is 6.55. The molecule has 1 aromatic rings. The highest BCUT2D eigenvalue weighted by Crippen LogP contribution is 2.15. The summed E-state index contributed by atoms with van der Waals surface area (Å²) < 4.78 is 0.896. The van der Waals surface area contributed by atoms with Crippen LogP contribution in [0.4, 0.5) is 0 Å². The van der Waals surface area contributed by atoms with Crippen molar-refractivity contribution in [2.75, 3.05) is 6.54 Å². The van der Waals surface area contributed by atoms with Gasteiger partial charge in [-0.1, -0.05) is 0 Å². The van der Waals surface area contributed by atoms with E-state index in [0.29, 0.717) is 6.54 Å². The van der Waals surface area contributed by atoms with Crippen LogP contribution in [-0.4, -0.2) is 11.5 Å². The van der Waals surface area contributed by atoms with Gasteiger partial charge in [0.25, 0.3) is 0 Å². The Labute approximate surface area is 71.9 Å².